The Morgan fingerprint density at radius 1 is 0.875 bits per heavy atom. The first-order valence-electron chi connectivity index (χ1n) is 7.39. The van der Waals surface area contributed by atoms with Gasteiger partial charge >= 0.3 is 0 Å². The molecule has 0 atom stereocenters. The van der Waals surface area contributed by atoms with Crippen LogP contribution in [0.2, 0.25) is 0 Å². The molecule has 0 fully saturated rings. The summed E-state index contributed by atoms with van der Waals surface area (Å²) in [5.74, 6) is -3.16. The molecule has 0 aromatic heterocycles. The van der Waals surface area contributed by atoms with Crippen LogP contribution < -0.4 is 10.6 Å². The Labute approximate surface area is 138 Å². The summed E-state index contributed by atoms with van der Waals surface area (Å²) in [4.78, 5) is 23.9. The number of benzene rings is 2. The van der Waals surface area contributed by atoms with Gasteiger partial charge in [-0.1, -0.05) is 17.7 Å². The lowest BCUT2D eigenvalue weighted by atomic mass is 10.0. The number of rotatable bonds is 4. The van der Waals surface area contributed by atoms with E-state index in [1.165, 1.54) is 6.07 Å². The summed E-state index contributed by atoms with van der Waals surface area (Å²) in [6.45, 7) is 5.70. The van der Waals surface area contributed by atoms with Gasteiger partial charge in [-0.05, 0) is 44.0 Å². The van der Waals surface area contributed by atoms with Gasteiger partial charge in [0.05, 0.1) is 0 Å². The van der Waals surface area contributed by atoms with Crippen LogP contribution in [0.15, 0.2) is 30.3 Å². The molecule has 126 valence electrons. The molecule has 0 saturated carbocycles. The van der Waals surface area contributed by atoms with Crippen LogP contribution in [0.4, 0.5) is 20.2 Å². The van der Waals surface area contributed by atoms with E-state index >= 15 is 0 Å². The van der Waals surface area contributed by atoms with E-state index in [4.69, 9.17) is 0 Å². The number of carbonyl (C=O) groups is 2. The number of aryl methyl sites for hydroxylation is 3. The summed E-state index contributed by atoms with van der Waals surface area (Å²) < 4.78 is 25.9. The topological polar surface area (TPSA) is 58.2 Å². The summed E-state index contributed by atoms with van der Waals surface area (Å²) in [6, 6.07) is 6.86. The second kappa shape index (κ2) is 7.21. The molecular formula is C18H18F2N2O2. The average molecular weight is 332 g/mol. The fourth-order valence-corrected chi connectivity index (χ4v) is 2.49. The highest BCUT2D eigenvalue weighted by Crippen LogP contribution is 2.22. The zero-order chi connectivity index (χ0) is 17.9. The minimum absolute atomic E-state index is 0.0920. The standard InChI is InChI=1S/C18H18F2N2O2/c1-10-6-11(2)18(12(3)7-10)22-17(24)9-16(23)21-13-4-5-14(19)15(20)8-13/h4-8H,9H2,1-3H3,(H,21,23)(H,22,24). The number of halogens is 2. The van der Waals surface area contributed by atoms with Crippen molar-refractivity contribution in [3.05, 3.63) is 58.7 Å². The quantitative estimate of drug-likeness (QED) is 0.835. The lowest BCUT2D eigenvalue weighted by Crippen LogP contribution is -2.22. The van der Waals surface area contributed by atoms with E-state index in [9.17, 15) is 18.4 Å². The third-order valence-corrected chi connectivity index (χ3v) is 3.47. The summed E-state index contributed by atoms with van der Waals surface area (Å²) >= 11 is 0. The van der Waals surface area contributed by atoms with Crippen molar-refractivity contribution in [1.82, 2.24) is 0 Å². The minimum Gasteiger partial charge on any atom is -0.326 e. The van der Waals surface area contributed by atoms with Gasteiger partial charge in [-0.25, -0.2) is 8.78 Å². The molecule has 0 aliphatic carbocycles. The predicted octanol–water partition coefficient (Wildman–Crippen LogP) is 3.86. The SMILES string of the molecule is Cc1cc(C)c(NC(=O)CC(=O)Nc2ccc(F)c(F)c2)c(C)c1. The normalized spacial score (nSPS) is 10.4. The fraction of sp³-hybridized carbons (Fsp3) is 0.222. The average Bonchev–Trinajstić information content (AvgIpc) is 2.46. The van der Waals surface area contributed by atoms with Crippen molar-refractivity contribution >= 4 is 23.2 Å². The first-order valence-corrected chi connectivity index (χ1v) is 7.39. The van der Waals surface area contributed by atoms with Crippen molar-refractivity contribution in [3.8, 4) is 0 Å². The summed E-state index contributed by atoms with van der Waals surface area (Å²) in [6.07, 6.45) is -0.425. The van der Waals surface area contributed by atoms with E-state index < -0.39 is 29.9 Å². The second-order valence-electron chi connectivity index (χ2n) is 5.68. The molecule has 2 amide bonds. The molecule has 2 aromatic carbocycles. The number of anilines is 2. The first kappa shape index (κ1) is 17.6. The van der Waals surface area contributed by atoms with Crippen molar-refractivity contribution in [1.29, 1.82) is 0 Å². The van der Waals surface area contributed by atoms with Gasteiger partial charge in [0.1, 0.15) is 6.42 Å². The van der Waals surface area contributed by atoms with Gasteiger partial charge in [-0.3, -0.25) is 9.59 Å². The highest BCUT2D eigenvalue weighted by Gasteiger charge is 2.13. The molecule has 0 spiro atoms. The number of hydrogen-bond acceptors (Lipinski definition) is 2. The Morgan fingerprint density at radius 2 is 1.46 bits per heavy atom. The maximum Gasteiger partial charge on any atom is 0.233 e. The molecule has 0 saturated heterocycles. The van der Waals surface area contributed by atoms with Crippen molar-refractivity contribution < 1.29 is 18.4 Å². The predicted molar refractivity (Wildman–Crippen MR) is 88.9 cm³/mol. The smallest absolute Gasteiger partial charge is 0.233 e. The molecule has 2 rings (SSSR count). The van der Waals surface area contributed by atoms with Gasteiger partial charge in [-0.15, -0.1) is 0 Å². The minimum atomic E-state index is -1.07. The van der Waals surface area contributed by atoms with Gasteiger partial charge in [0, 0.05) is 17.4 Å². The van der Waals surface area contributed by atoms with Crippen LogP contribution in [0.5, 0.6) is 0 Å². The number of carbonyl (C=O) groups excluding carboxylic acids is 2. The molecule has 2 aromatic rings. The fourth-order valence-electron chi connectivity index (χ4n) is 2.49. The van der Waals surface area contributed by atoms with E-state index in [1.54, 1.807) is 0 Å². The third kappa shape index (κ3) is 4.38. The molecular weight excluding hydrogens is 314 g/mol. The van der Waals surface area contributed by atoms with Gasteiger partial charge in [0.2, 0.25) is 11.8 Å². The molecule has 0 bridgehead atoms. The van der Waals surface area contributed by atoms with Crippen LogP contribution in [0.25, 0.3) is 0 Å². The molecule has 0 unspecified atom stereocenters. The third-order valence-electron chi connectivity index (χ3n) is 3.47. The van der Waals surface area contributed by atoms with Gasteiger partial charge < -0.3 is 10.6 Å². The van der Waals surface area contributed by atoms with Crippen molar-refractivity contribution in [2.24, 2.45) is 0 Å². The Morgan fingerprint density at radius 3 is 2.04 bits per heavy atom. The molecule has 4 nitrogen and oxygen atoms in total. The lowest BCUT2D eigenvalue weighted by molar-refractivity contribution is -0.123. The van der Waals surface area contributed by atoms with Crippen LogP contribution in [0, 0.1) is 32.4 Å². The van der Waals surface area contributed by atoms with Crippen LogP contribution in [-0.4, -0.2) is 11.8 Å². The number of amides is 2. The molecule has 2 N–H and O–H groups in total. The first-order chi connectivity index (χ1) is 11.3. The Kier molecular flexibility index (Phi) is 5.28. The Balaban J connectivity index is 1.99. The van der Waals surface area contributed by atoms with E-state index in [-0.39, 0.29) is 5.69 Å². The maximum absolute atomic E-state index is 13.1. The summed E-state index contributed by atoms with van der Waals surface area (Å²) in [5.41, 5.74) is 3.66. The van der Waals surface area contributed by atoms with Crippen LogP contribution in [0.1, 0.15) is 23.1 Å². The Bertz CT molecular complexity index is 781. The molecule has 0 heterocycles. The zero-order valence-corrected chi connectivity index (χ0v) is 13.7. The molecule has 24 heavy (non-hydrogen) atoms. The molecule has 6 heteroatoms. The molecule has 0 radical (unpaired) electrons. The summed E-state index contributed by atoms with van der Waals surface area (Å²) in [7, 11) is 0. The zero-order valence-electron chi connectivity index (χ0n) is 13.7. The molecule has 0 aliphatic rings. The Hall–Kier alpha value is -2.76. The largest absolute Gasteiger partial charge is 0.326 e. The summed E-state index contributed by atoms with van der Waals surface area (Å²) in [5, 5.41) is 5.07. The van der Waals surface area contributed by atoms with Gasteiger partial charge in [-0.2, -0.15) is 0 Å². The van der Waals surface area contributed by atoms with E-state index in [0.717, 1.165) is 28.8 Å². The number of nitrogens with one attached hydrogen (secondary N) is 2. The van der Waals surface area contributed by atoms with E-state index in [1.807, 2.05) is 32.9 Å². The van der Waals surface area contributed by atoms with Gasteiger partial charge in [0.15, 0.2) is 11.6 Å². The molecule has 0 aliphatic heterocycles. The van der Waals surface area contributed by atoms with Gasteiger partial charge in [0.25, 0.3) is 0 Å². The van der Waals surface area contributed by atoms with Crippen molar-refractivity contribution in [3.63, 3.8) is 0 Å². The highest BCUT2D eigenvalue weighted by molar-refractivity contribution is 6.08. The van der Waals surface area contributed by atoms with E-state index in [2.05, 4.69) is 10.6 Å². The second-order valence-corrected chi connectivity index (χ2v) is 5.68. The van der Waals surface area contributed by atoms with Crippen molar-refractivity contribution in [2.45, 2.75) is 27.2 Å². The maximum atomic E-state index is 13.1. The van der Waals surface area contributed by atoms with Crippen LogP contribution in [0.3, 0.4) is 0 Å². The van der Waals surface area contributed by atoms with E-state index in [0.29, 0.717) is 5.69 Å². The van der Waals surface area contributed by atoms with Crippen molar-refractivity contribution in [2.75, 3.05) is 10.6 Å². The highest BCUT2D eigenvalue weighted by atomic mass is 19.2. The lowest BCUT2D eigenvalue weighted by Gasteiger charge is -2.13. The van der Waals surface area contributed by atoms with Crippen LogP contribution in [-0.2, 0) is 9.59 Å². The van der Waals surface area contributed by atoms with Crippen LogP contribution >= 0.6 is 0 Å². The monoisotopic (exact) mass is 332 g/mol. The number of hydrogen-bond donors (Lipinski definition) is 2.